The normalized spacial score (nSPS) is 14.3. The van der Waals surface area contributed by atoms with Crippen LogP contribution in [0.2, 0.25) is 5.02 Å². The average Bonchev–Trinajstić information content (AvgIpc) is 2.69. The van der Waals surface area contributed by atoms with Gasteiger partial charge >= 0.3 is 0 Å². The zero-order valence-corrected chi connectivity index (χ0v) is 15.0. The van der Waals surface area contributed by atoms with E-state index in [1.807, 2.05) is 0 Å². The monoisotopic (exact) mass is 376 g/mol. The topological polar surface area (TPSA) is 49.9 Å². The van der Waals surface area contributed by atoms with E-state index < -0.39 is 11.7 Å². The zero-order chi connectivity index (χ0) is 18.7. The Morgan fingerprint density at radius 2 is 1.65 bits per heavy atom. The molecule has 3 rings (SSSR count). The van der Waals surface area contributed by atoms with E-state index in [0.29, 0.717) is 42.5 Å². The maximum atomic E-state index is 13.9. The molecule has 0 saturated carbocycles. The van der Waals surface area contributed by atoms with Crippen molar-refractivity contribution < 1.29 is 18.7 Å². The largest absolute Gasteiger partial charge is 0.497 e. The molecule has 7 heteroatoms. The van der Waals surface area contributed by atoms with Gasteiger partial charge in [-0.05, 0) is 36.4 Å². The summed E-state index contributed by atoms with van der Waals surface area (Å²) in [6.07, 6.45) is 0. The number of carbonyl (C=O) groups excluding carboxylic acids is 2. The predicted octanol–water partition coefficient (Wildman–Crippen LogP) is 3.09. The Bertz CT molecular complexity index is 835. The summed E-state index contributed by atoms with van der Waals surface area (Å²) in [5, 5.41) is 0.307. The van der Waals surface area contributed by atoms with E-state index in [1.165, 1.54) is 23.1 Å². The SMILES string of the molecule is COc1cccc(C(=O)N2CCN(C(=O)c3cc(Cl)ccc3F)CC2)c1. The van der Waals surface area contributed by atoms with Crippen LogP contribution in [0, 0.1) is 5.82 Å². The van der Waals surface area contributed by atoms with Crippen molar-refractivity contribution in [3.8, 4) is 5.75 Å². The van der Waals surface area contributed by atoms with Crippen molar-refractivity contribution in [1.82, 2.24) is 9.80 Å². The van der Waals surface area contributed by atoms with Gasteiger partial charge in [0.2, 0.25) is 0 Å². The van der Waals surface area contributed by atoms with Gasteiger partial charge < -0.3 is 14.5 Å². The number of hydrogen-bond acceptors (Lipinski definition) is 3. The second-order valence-corrected chi connectivity index (χ2v) is 6.38. The van der Waals surface area contributed by atoms with Crippen LogP contribution in [0.25, 0.3) is 0 Å². The molecule has 1 fully saturated rings. The van der Waals surface area contributed by atoms with Gasteiger partial charge in [0.1, 0.15) is 11.6 Å². The second-order valence-electron chi connectivity index (χ2n) is 5.94. The van der Waals surface area contributed by atoms with E-state index in [9.17, 15) is 14.0 Å². The molecule has 1 aliphatic rings. The van der Waals surface area contributed by atoms with E-state index in [-0.39, 0.29) is 11.5 Å². The lowest BCUT2D eigenvalue weighted by Gasteiger charge is -2.35. The number of amides is 2. The Hall–Kier alpha value is -2.60. The van der Waals surface area contributed by atoms with Crippen molar-refractivity contribution in [2.24, 2.45) is 0 Å². The summed E-state index contributed by atoms with van der Waals surface area (Å²) in [6, 6.07) is 10.8. The molecule has 1 aliphatic heterocycles. The quantitative estimate of drug-likeness (QED) is 0.827. The van der Waals surface area contributed by atoms with Crippen LogP contribution in [0.15, 0.2) is 42.5 Å². The van der Waals surface area contributed by atoms with E-state index in [1.54, 1.807) is 36.3 Å². The minimum Gasteiger partial charge on any atom is -0.497 e. The van der Waals surface area contributed by atoms with E-state index in [2.05, 4.69) is 0 Å². The Kier molecular flexibility index (Phi) is 5.42. The van der Waals surface area contributed by atoms with Crippen LogP contribution in [-0.2, 0) is 0 Å². The van der Waals surface area contributed by atoms with Crippen molar-refractivity contribution in [1.29, 1.82) is 0 Å². The second kappa shape index (κ2) is 7.74. The molecular weight excluding hydrogens is 359 g/mol. The molecule has 26 heavy (non-hydrogen) atoms. The number of halogens is 2. The van der Waals surface area contributed by atoms with Gasteiger partial charge in [-0.25, -0.2) is 4.39 Å². The molecule has 0 spiro atoms. The summed E-state index contributed by atoms with van der Waals surface area (Å²) < 4.78 is 19.0. The molecule has 0 unspecified atom stereocenters. The fourth-order valence-corrected chi connectivity index (χ4v) is 3.06. The third-order valence-electron chi connectivity index (χ3n) is 4.33. The van der Waals surface area contributed by atoms with Gasteiger partial charge in [0.15, 0.2) is 0 Å². The summed E-state index contributed by atoms with van der Waals surface area (Å²) >= 11 is 5.86. The van der Waals surface area contributed by atoms with Crippen LogP contribution in [0.1, 0.15) is 20.7 Å². The summed E-state index contributed by atoms with van der Waals surface area (Å²) in [6.45, 7) is 1.43. The molecule has 1 heterocycles. The molecule has 5 nitrogen and oxygen atoms in total. The van der Waals surface area contributed by atoms with Crippen LogP contribution in [0.4, 0.5) is 4.39 Å². The Labute approximate surface area is 155 Å². The van der Waals surface area contributed by atoms with Crippen LogP contribution in [-0.4, -0.2) is 54.9 Å². The van der Waals surface area contributed by atoms with Gasteiger partial charge in [0, 0.05) is 36.8 Å². The maximum Gasteiger partial charge on any atom is 0.257 e. The third-order valence-corrected chi connectivity index (χ3v) is 4.56. The number of rotatable bonds is 3. The number of benzene rings is 2. The summed E-state index contributed by atoms with van der Waals surface area (Å²) in [5.41, 5.74) is 0.482. The number of hydrogen-bond donors (Lipinski definition) is 0. The molecule has 0 aliphatic carbocycles. The minimum atomic E-state index is -0.603. The van der Waals surface area contributed by atoms with E-state index in [0.717, 1.165) is 0 Å². The van der Waals surface area contributed by atoms with Gasteiger partial charge in [0.05, 0.1) is 12.7 Å². The van der Waals surface area contributed by atoms with E-state index in [4.69, 9.17) is 16.3 Å². The molecule has 2 amide bonds. The lowest BCUT2D eigenvalue weighted by atomic mass is 10.1. The maximum absolute atomic E-state index is 13.9. The Morgan fingerprint density at radius 1 is 1.00 bits per heavy atom. The molecule has 136 valence electrons. The van der Waals surface area contributed by atoms with Gasteiger partial charge in [-0.1, -0.05) is 17.7 Å². The van der Waals surface area contributed by atoms with E-state index >= 15 is 0 Å². The van der Waals surface area contributed by atoms with Gasteiger partial charge in [0.25, 0.3) is 11.8 Å². The molecule has 0 aromatic heterocycles. The first-order valence-electron chi connectivity index (χ1n) is 8.17. The highest BCUT2D eigenvalue weighted by molar-refractivity contribution is 6.31. The number of carbonyl (C=O) groups is 2. The van der Waals surface area contributed by atoms with Crippen molar-refractivity contribution >= 4 is 23.4 Å². The summed E-state index contributed by atoms with van der Waals surface area (Å²) in [4.78, 5) is 28.3. The van der Waals surface area contributed by atoms with Gasteiger partial charge in [-0.2, -0.15) is 0 Å². The van der Waals surface area contributed by atoms with Crippen LogP contribution in [0.5, 0.6) is 5.75 Å². The first-order chi connectivity index (χ1) is 12.5. The third kappa shape index (κ3) is 3.80. The molecule has 0 bridgehead atoms. The minimum absolute atomic E-state index is 0.0509. The van der Waals surface area contributed by atoms with Crippen LogP contribution >= 0.6 is 11.6 Å². The molecule has 1 saturated heterocycles. The molecular formula is C19H18ClFN2O3. The van der Waals surface area contributed by atoms with Crippen LogP contribution < -0.4 is 4.74 Å². The van der Waals surface area contributed by atoms with Crippen molar-refractivity contribution in [3.63, 3.8) is 0 Å². The first kappa shape index (κ1) is 18.2. The summed E-state index contributed by atoms with van der Waals surface area (Å²) in [5.74, 6) is -0.529. The number of methoxy groups -OCH3 is 1. The lowest BCUT2D eigenvalue weighted by Crippen LogP contribution is -2.50. The molecule has 0 N–H and O–H groups in total. The van der Waals surface area contributed by atoms with Crippen molar-refractivity contribution in [3.05, 3.63) is 64.4 Å². The van der Waals surface area contributed by atoms with Crippen LogP contribution in [0.3, 0.4) is 0 Å². The first-order valence-corrected chi connectivity index (χ1v) is 8.55. The lowest BCUT2D eigenvalue weighted by molar-refractivity contribution is 0.0532. The Morgan fingerprint density at radius 3 is 2.31 bits per heavy atom. The number of nitrogens with zero attached hydrogens (tertiary/aromatic N) is 2. The van der Waals surface area contributed by atoms with Crippen molar-refractivity contribution in [2.45, 2.75) is 0 Å². The highest BCUT2D eigenvalue weighted by atomic mass is 35.5. The smallest absolute Gasteiger partial charge is 0.257 e. The molecule has 2 aromatic carbocycles. The summed E-state index contributed by atoms with van der Waals surface area (Å²) in [7, 11) is 1.54. The van der Waals surface area contributed by atoms with Gasteiger partial charge in [-0.15, -0.1) is 0 Å². The fraction of sp³-hybridized carbons (Fsp3) is 0.263. The van der Waals surface area contributed by atoms with Gasteiger partial charge in [-0.3, -0.25) is 9.59 Å². The highest BCUT2D eigenvalue weighted by Gasteiger charge is 2.27. The fourth-order valence-electron chi connectivity index (χ4n) is 2.88. The highest BCUT2D eigenvalue weighted by Crippen LogP contribution is 2.19. The molecule has 0 radical (unpaired) electrons. The predicted molar refractivity (Wildman–Crippen MR) is 96.2 cm³/mol. The molecule has 0 atom stereocenters. The number of ether oxygens (including phenoxy) is 1. The standard InChI is InChI=1S/C19H18ClFN2O3/c1-26-15-4-2-3-13(11-15)18(24)22-7-9-23(10-8-22)19(25)16-12-14(20)5-6-17(16)21/h2-6,11-12H,7-10H2,1H3. The Balaban J connectivity index is 1.66. The zero-order valence-electron chi connectivity index (χ0n) is 14.2. The molecule has 2 aromatic rings. The van der Waals surface area contributed by atoms with Crippen molar-refractivity contribution in [2.75, 3.05) is 33.3 Å². The number of piperazine rings is 1. The average molecular weight is 377 g/mol.